The van der Waals surface area contributed by atoms with E-state index in [0.29, 0.717) is 54.3 Å². The summed E-state index contributed by atoms with van der Waals surface area (Å²) in [5.74, 6) is 0.376. The second-order valence-electron chi connectivity index (χ2n) is 6.93. The van der Waals surface area contributed by atoms with Crippen molar-refractivity contribution in [1.29, 1.82) is 5.26 Å². The zero-order valence-corrected chi connectivity index (χ0v) is 15.0. The molecule has 2 atom stereocenters. The van der Waals surface area contributed by atoms with Crippen LogP contribution < -0.4 is 15.4 Å². The number of carbonyl (C=O) groups excluding carboxylic acids is 1. The summed E-state index contributed by atoms with van der Waals surface area (Å²) >= 11 is 0. The first-order chi connectivity index (χ1) is 13.0. The largest absolute Gasteiger partial charge is 0.478 e. The van der Waals surface area contributed by atoms with E-state index in [1.807, 2.05) is 13.0 Å². The van der Waals surface area contributed by atoms with Gasteiger partial charge in [-0.25, -0.2) is 0 Å². The van der Waals surface area contributed by atoms with Crippen LogP contribution in [0.4, 0.5) is 0 Å². The van der Waals surface area contributed by atoms with Gasteiger partial charge in [-0.1, -0.05) is 6.07 Å². The van der Waals surface area contributed by atoms with Gasteiger partial charge >= 0.3 is 0 Å². The Kier molecular flexibility index (Phi) is 4.30. The molecule has 2 aromatic rings. The van der Waals surface area contributed by atoms with Crippen LogP contribution in [0.3, 0.4) is 0 Å². The topological polar surface area (TPSA) is 107 Å². The number of piperidine rings is 1. The number of fused-ring (bicyclic) bond motifs is 1. The molecule has 2 aliphatic rings. The van der Waals surface area contributed by atoms with E-state index >= 15 is 0 Å². The molecule has 1 aromatic heterocycles. The highest BCUT2D eigenvalue weighted by molar-refractivity contribution is 5.97. The second kappa shape index (κ2) is 6.65. The van der Waals surface area contributed by atoms with Gasteiger partial charge in [-0.15, -0.1) is 0 Å². The molecule has 1 fully saturated rings. The van der Waals surface area contributed by atoms with Crippen LogP contribution in [0.25, 0.3) is 0 Å². The molecule has 7 heteroatoms. The molecule has 0 aliphatic carbocycles. The van der Waals surface area contributed by atoms with Gasteiger partial charge in [-0.05, 0) is 43.3 Å². The maximum atomic E-state index is 11.9. The Balaban J connectivity index is 1.82. The number of aromatic nitrogens is 1. The third kappa shape index (κ3) is 2.93. The fourth-order valence-corrected chi connectivity index (χ4v) is 3.80. The first kappa shape index (κ1) is 17.5. The minimum atomic E-state index is -1.05. The Labute approximate surface area is 157 Å². The Morgan fingerprint density at radius 1 is 1.41 bits per heavy atom. The molecule has 2 aliphatic heterocycles. The number of hydrogen-bond donors (Lipinski definition) is 3. The second-order valence-corrected chi connectivity index (χ2v) is 6.93. The Morgan fingerprint density at radius 2 is 2.26 bits per heavy atom. The predicted octanol–water partition coefficient (Wildman–Crippen LogP) is 1.13. The molecule has 27 heavy (non-hydrogen) atoms. The van der Waals surface area contributed by atoms with Crippen molar-refractivity contribution < 1.29 is 14.6 Å². The molecule has 0 spiro atoms. The monoisotopic (exact) mass is 364 g/mol. The van der Waals surface area contributed by atoms with Gasteiger partial charge in [0.15, 0.2) is 5.60 Å². The maximum Gasteiger partial charge on any atom is 0.253 e. The number of β-amino-alcohol motifs (C(OH)–C–C–N with tert-alkyl or cyclic N) is 1. The van der Waals surface area contributed by atoms with Gasteiger partial charge in [-0.3, -0.25) is 9.78 Å². The standard InChI is InChI=1S/C20H20N4O3/c1-12-7-15-16(10-23-19(15)26)24-18(12)20(5-6-22-11-17(20)25)27-14-4-2-3-13(8-14)9-21/h2-4,7-8,17,22,25H,5-6,10-11H2,1H3,(H,23,26)/t17-,20+/m1/s1. The zero-order valence-electron chi connectivity index (χ0n) is 15.0. The van der Waals surface area contributed by atoms with Crippen molar-refractivity contribution in [1.82, 2.24) is 15.6 Å². The van der Waals surface area contributed by atoms with Crippen molar-refractivity contribution in [3.63, 3.8) is 0 Å². The van der Waals surface area contributed by atoms with Crippen LogP contribution >= 0.6 is 0 Å². The first-order valence-corrected chi connectivity index (χ1v) is 8.90. The number of amides is 1. The molecule has 0 bridgehead atoms. The summed E-state index contributed by atoms with van der Waals surface area (Å²) in [4.78, 5) is 16.7. The van der Waals surface area contributed by atoms with Gasteiger partial charge in [0.2, 0.25) is 0 Å². The predicted molar refractivity (Wildman–Crippen MR) is 97.1 cm³/mol. The van der Waals surface area contributed by atoms with Gasteiger partial charge in [0.1, 0.15) is 11.9 Å². The van der Waals surface area contributed by atoms with E-state index < -0.39 is 11.7 Å². The van der Waals surface area contributed by atoms with E-state index in [1.165, 1.54) is 0 Å². The number of rotatable bonds is 3. The summed E-state index contributed by atoms with van der Waals surface area (Å²) in [6.45, 7) is 3.27. The molecule has 7 nitrogen and oxygen atoms in total. The van der Waals surface area contributed by atoms with Crippen molar-refractivity contribution in [3.05, 3.63) is 58.4 Å². The molecule has 3 heterocycles. The molecule has 0 unspecified atom stereocenters. The number of nitriles is 1. The Bertz CT molecular complexity index is 953. The highest BCUT2D eigenvalue weighted by atomic mass is 16.5. The summed E-state index contributed by atoms with van der Waals surface area (Å²) in [6, 6.07) is 10.8. The molecule has 0 radical (unpaired) electrons. The number of aliphatic hydroxyl groups is 1. The number of nitrogens with zero attached hydrogens (tertiary/aromatic N) is 2. The van der Waals surface area contributed by atoms with E-state index in [-0.39, 0.29) is 5.91 Å². The SMILES string of the molecule is Cc1cc2c(nc1[C@]1(Oc3cccc(C#N)c3)CCNC[C@H]1O)CNC2=O. The lowest BCUT2D eigenvalue weighted by molar-refractivity contribution is -0.0812. The van der Waals surface area contributed by atoms with E-state index in [2.05, 4.69) is 16.7 Å². The fourth-order valence-electron chi connectivity index (χ4n) is 3.80. The zero-order chi connectivity index (χ0) is 19.0. The van der Waals surface area contributed by atoms with Crippen molar-refractivity contribution >= 4 is 5.91 Å². The Morgan fingerprint density at radius 3 is 3.04 bits per heavy atom. The summed E-state index contributed by atoms with van der Waals surface area (Å²) in [6.07, 6.45) is -0.315. The molecule has 0 saturated carbocycles. The highest BCUT2D eigenvalue weighted by Gasteiger charge is 2.47. The third-order valence-corrected chi connectivity index (χ3v) is 5.17. The molecular formula is C20H20N4O3. The van der Waals surface area contributed by atoms with Gasteiger partial charge < -0.3 is 20.5 Å². The number of ether oxygens (including phenoxy) is 1. The van der Waals surface area contributed by atoms with Gasteiger partial charge in [0.05, 0.1) is 35.1 Å². The van der Waals surface area contributed by atoms with E-state index in [4.69, 9.17) is 15.0 Å². The highest BCUT2D eigenvalue weighted by Crippen LogP contribution is 2.38. The normalized spacial score (nSPS) is 24.0. The maximum absolute atomic E-state index is 11.9. The van der Waals surface area contributed by atoms with E-state index in [0.717, 1.165) is 5.56 Å². The lowest BCUT2D eigenvalue weighted by Gasteiger charge is -2.42. The minimum Gasteiger partial charge on any atom is -0.478 e. The smallest absolute Gasteiger partial charge is 0.253 e. The van der Waals surface area contributed by atoms with Gasteiger partial charge in [0.25, 0.3) is 5.91 Å². The van der Waals surface area contributed by atoms with Crippen LogP contribution in [0.2, 0.25) is 0 Å². The lowest BCUT2D eigenvalue weighted by Crippen LogP contribution is -2.56. The molecule has 1 saturated heterocycles. The van der Waals surface area contributed by atoms with Crippen LogP contribution in [0.5, 0.6) is 5.75 Å². The number of hydrogen-bond acceptors (Lipinski definition) is 6. The molecule has 1 aromatic carbocycles. The van der Waals surface area contributed by atoms with Crippen molar-refractivity contribution in [3.8, 4) is 11.8 Å². The number of aryl methyl sites for hydroxylation is 1. The summed E-state index contributed by atoms with van der Waals surface area (Å²) in [5.41, 5.74) is 2.10. The molecule has 1 amide bonds. The minimum absolute atomic E-state index is 0.130. The number of aliphatic hydroxyl groups excluding tert-OH is 1. The van der Waals surface area contributed by atoms with E-state index in [1.54, 1.807) is 24.3 Å². The third-order valence-electron chi connectivity index (χ3n) is 5.17. The first-order valence-electron chi connectivity index (χ1n) is 8.90. The number of nitrogens with one attached hydrogen (secondary N) is 2. The summed E-state index contributed by atoms with van der Waals surface area (Å²) < 4.78 is 6.34. The lowest BCUT2D eigenvalue weighted by atomic mass is 9.83. The molecular weight excluding hydrogens is 344 g/mol. The quantitative estimate of drug-likeness (QED) is 0.754. The number of pyridine rings is 1. The Hall–Kier alpha value is -2.95. The van der Waals surface area contributed by atoms with Crippen molar-refractivity contribution in [2.45, 2.75) is 31.6 Å². The average molecular weight is 364 g/mol. The van der Waals surface area contributed by atoms with Crippen molar-refractivity contribution in [2.75, 3.05) is 13.1 Å². The molecule has 3 N–H and O–H groups in total. The summed E-state index contributed by atoms with van der Waals surface area (Å²) in [5, 5.41) is 26.0. The molecule has 138 valence electrons. The van der Waals surface area contributed by atoms with Crippen LogP contribution in [-0.2, 0) is 12.1 Å². The van der Waals surface area contributed by atoms with Crippen LogP contribution in [0.1, 0.15) is 39.3 Å². The number of carbonyl (C=O) groups is 1. The van der Waals surface area contributed by atoms with Crippen LogP contribution in [0.15, 0.2) is 30.3 Å². The number of benzene rings is 1. The van der Waals surface area contributed by atoms with Crippen molar-refractivity contribution in [2.24, 2.45) is 0 Å². The fraction of sp³-hybridized carbons (Fsp3) is 0.350. The molecule has 4 rings (SSSR count). The van der Waals surface area contributed by atoms with Crippen LogP contribution in [0, 0.1) is 18.3 Å². The summed E-state index contributed by atoms with van der Waals surface area (Å²) in [7, 11) is 0. The van der Waals surface area contributed by atoms with Gasteiger partial charge in [0, 0.05) is 13.0 Å². The van der Waals surface area contributed by atoms with Gasteiger partial charge in [-0.2, -0.15) is 5.26 Å². The average Bonchev–Trinajstić information content (AvgIpc) is 3.03. The van der Waals surface area contributed by atoms with E-state index in [9.17, 15) is 9.90 Å². The van der Waals surface area contributed by atoms with Crippen LogP contribution in [-0.4, -0.2) is 35.2 Å².